The molecule has 0 aromatic rings. The van der Waals surface area contributed by atoms with Crippen molar-refractivity contribution in [2.45, 2.75) is 25.8 Å². The van der Waals surface area contributed by atoms with Gasteiger partial charge in [-0.25, -0.2) is 13.1 Å². The molecular formula is C9H20N2O2S. The van der Waals surface area contributed by atoms with Crippen LogP contribution in [0.3, 0.4) is 0 Å². The van der Waals surface area contributed by atoms with Gasteiger partial charge in [0.2, 0.25) is 10.0 Å². The third-order valence-corrected chi connectivity index (χ3v) is 2.48. The van der Waals surface area contributed by atoms with Crippen LogP contribution in [0.4, 0.5) is 0 Å². The summed E-state index contributed by atoms with van der Waals surface area (Å²) in [4.78, 5) is 0. The van der Waals surface area contributed by atoms with Gasteiger partial charge in [-0.3, -0.25) is 0 Å². The second kappa shape index (κ2) is 5.48. The summed E-state index contributed by atoms with van der Waals surface area (Å²) in [5.74, 6) is 0. The van der Waals surface area contributed by atoms with E-state index in [1.54, 1.807) is 0 Å². The Kier molecular flexibility index (Phi) is 5.33. The predicted octanol–water partition coefficient (Wildman–Crippen LogP) is 0.480. The monoisotopic (exact) mass is 220 g/mol. The second-order valence-corrected chi connectivity index (χ2v) is 5.76. The zero-order valence-electron chi connectivity index (χ0n) is 9.13. The highest BCUT2D eigenvalue weighted by atomic mass is 32.2. The van der Waals surface area contributed by atoms with Gasteiger partial charge in [0, 0.05) is 12.1 Å². The maximum Gasteiger partial charge on any atom is 0.209 e. The summed E-state index contributed by atoms with van der Waals surface area (Å²) < 4.78 is 24.5. The molecule has 0 heterocycles. The molecule has 0 rings (SSSR count). The van der Waals surface area contributed by atoms with Gasteiger partial charge in [0.1, 0.15) is 0 Å². The van der Waals surface area contributed by atoms with Crippen LogP contribution in [-0.2, 0) is 10.0 Å². The average molecular weight is 220 g/mol. The summed E-state index contributed by atoms with van der Waals surface area (Å²) in [5.41, 5.74) is -0.450. The average Bonchev–Trinajstić information content (AvgIpc) is 1.93. The van der Waals surface area contributed by atoms with E-state index < -0.39 is 15.6 Å². The van der Waals surface area contributed by atoms with Gasteiger partial charge in [-0.15, -0.1) is 6.58 Å². The molecule has 0 aromatic carbocycles. The van der Waals surface area contributed by atoms with Crippen LogP contribution in [0, 0.1) is 0 Å². The smallest absolute Gasteiger partial charge is 0.209 e. The van der Waals surface area contributed by atoms with Crippen LogP contribution in [0.25, 0.3) is 0 Å². The number of rotatable bonds is 7. The molecule has 0 saturated heterocycles. The fourth-order valence-electron chi connectivity index (χ4n) is 1.14. The molecule has 0 fully saturated rings. The van der Waals surface area contributed by atoms with Crippen LogP contribution in [0.5, 0.6) is 0 Å². The lowest BCUT2D eigenvalue weighted by Crippen LogP contribution is -2.49. The Labute approximate surface area is 86.8 Å². The molecule has 0 unspecified atom stereocenters. The van der Waals surface area contributed by atoms with Crippen molar-refractivity contribution < 1.29 is 8.42 Å². The minimum atomic E-state index is -3.13. The van der Waals surface area contributed by atoms with Crippen molar-refractivity contribution in [3.8, 4) is 0 Å². The van der Waals surface area contributed by atoms with Crippen LogP contribution < -0.4 is 10.0 Å². The molecule has 0 aromatic heterocycles. The fourth-order valence-corrected chi connectivity index (χ4v) is 2.22. The molecule has 0 aliphatic heterocycles. The standard InChI is InChI=1S/C9H20N2O2S/c1-5-6-7-10-8-9(2,3)11-14(4,12)13/h5,10-11H,1,6-8H2,2-4H3. The third kappa shape index (κ3) is 8.22. The Morgan fingerprint density at radius 1 is 1.43 bits per heavy atom. The van der Waals surface area contributed by atoms with E-state index in [1.807, 2.05) is 19.9 Å². The topological polar surface area (TPSA) is 58.2 Å². The Morgan fingerprint density at radius 3 is 2.43 bits per heavy atom. The summed E-state index contributed by atoms with van der Waals surface area (Å²) in [7, 11) is -3.13. The van der Waals surface area contributed by atoms with Crippen LogP contribution in [-0.4, -0.2) is 33.3 Å². The van der Waals surface area contributed by atoms with Crippen LogP contribution in [0.15, 0.2) is 12.7 Å². The molecular weight excluding hydrogens is 200 g/mol. The van der Waals surface area contributed by atoms with Crippen LogP contribution in [0.2, 0.25) is 0 Å². The van der Waals surface area contributed by atoms with Crippen molar-refractivity contribution in [1.82, 2.24) is 10.0 Å². The Balaban J connectivity index is 3.89. The molecule has 14 heavy (non-hydrogen) atoms. The molecule has 0 atom stereocenters. The first-order chi connectivity index (χ1) is 6.27. The van der Waals surface area contributed by atoms with Gasteiger partial charge in [-0.2, -0.15) is 0 Å². The fraction of sp³-hybridized carbons (Fsp3) is 0.778. The minimum absolute atomic E-state index is 0.450. The van der Waals surface area contributed by atoms with Gasteiger partial charge >= 0.3 is 0 Å². The zero-order valence-corrected chi connectivity index (χ0v) is 9.95. The summed E-state index contributed by atoms with van der Waals surface area (Å²) >= 11 is 0. The quantitative estimate of drug-likeness (QED) is 0.484. The maximum atomic E-state index is 11.0. The largest absolute Gasteiger partial charge is 0.315 e. The first-order valence-electron chi connectivity index (χ1n) is 4.57. The Bertz CT molecular complexity index is 271. The number of nitrogens with one attached hydrogen (secondary N) is 2. The van der Waals surface area contributed by atoms with Crippen molar-refractivity contribution in [2.75, 3.05) is 19.3 Å². The van der Waals surface area contributed by atoms with E-state index >= 15 is 0 Å². The Hall–Kier alpha value is -0.390. The molecule has 0 radical (unpaired) electrons. The molecule has 0 saturated carbocycles. The summed E-state index contributed by atoms with van der Waals surface area (Å²) in [6.07, 6.45) is 3.87. The first kappa shape index (κ1) is 13.6. The lowest BCUT2D eigenvalue weighted by atomic mass is 10.1. The molecule has 0 spiro atoms. The first-order valence-corrected chi connectivity index (χ1v) is 6.46. The number of sulfonamides is 1. The van der Waals surface area contributed by atoms with Gasteiger partial charge in [0.15, 0.2) is 0 Å². The van der Waals surface area contributed by atoms with E-state index in [0.717, 1.165) is 13.0 Å². The van der Waals surface area contributed by atoms with E-state index in [4.69, 9.17) is 0 Å². The van der Waals surface area contributed by atoms with E-state index in [0.29, 0.717) is 6.54 Å². The van der Waals surface area contributed by atoms with Gasteiger partial charge in [-0.05, 0) is 26.8 Å². The predicted molar refractivity (Wildman–Crippen MR) is 59.7 cm³/mol. The SMILES string of the molecule is C=CCCNCC(C)(C)NS(C)(=O)=O. The number of hydrogen-bond donors (Lipinski definition) is 2. The lowest BCUT2D eigenvalue weighted by Gasteiger charge is -2.25. The highest BCUT2D eigenvalue weighted by Crippen LogP contribution is 2.01. The molecule has 0 bridgehead atoms. The van der Waals surface area contributed by atoms with Crippen LogP contribution in [0.1, 0.15) is 20.3 Å². The highest BCUT2D eigenvalue weighted by Gasteiger charge is 2.20. The summed E-state index contributed by atoms with van der Waals surface area (Å²) in [6, 6.07) is 0. The van der Waals surface area contributed by atoms with Gasteiger partial charge in [0.25, 0.3) is 0 Å². The summed E-state index contributed by atoms with van der Waals surface area (Å²) in [5, 5.41) is 3.15. The summed E-state index contributed by atoms with van der Waals surface area (Å²) in [6.45, 7) is 8.71. The second-order valence-electron chi connectivity index (χ2n) is 4.01. The third-order valence-electron chi connectivity index (χ3n) is 1.55. The highest BCUT2D eigenvalue weighted by molar-refractivity contribution is 7.88. The molecule has 4 nitrogen and oxygen atoms in total. The zero-order chi connectivity index (χ0) is 11.2. The van der Waals surface area contributed by atoms with Crippen molar-refractivity contribution in [3.05, 3.63) is 12.7 Å². The molecule has 0 amide bonds. The van der Waals surface area contributed by atoms with Crippen molar-refractivity contribution >= 4 is 10.0 Å². The van der Waals surface area contributed by atoms with Crippen LogP contribution >= 0.6 is 0 Å². The van der Waals surface area contributed by atoms with E-state index in [2.05, 4.69) is 16.6 Å². The van der Waals surface area contributed by atoms with E-state index in [9.17, 15) is 8.42 Å². The van der Waals surface area contributed by atoms with Gasteiger partial charge in [-0.1, -0.05) is 6.08 Å². The van der Waals surface area contributed by atoms with E-state index in [-0.39, 0.29) is 0 Å². The lowest BCUT2D eigenvalue weighted by molar-refractivity contribution is 0.424. The molecule has 0 aliphatic rings. The molecule has 5 heteroatoms. The van der Waals surface area contributed by atoms with E-state index in [1.165, 1.54) is 6.26 Å². The van der Waals surface area contributed by atoms with Gasteiger partial charge in [0.05, 0.1) is 6.26 Å². The maximum absolute atomic E-state index is 11.0. The van der Waals surface area contributed by atoms with Crippen molar-refractivity contribution in [2.24, 2.45) is 0 Å². The Morgan fingerprint density at radius 2 is 2.00 bits per heavy atom. The molecule has 84 valence electrons. The number of hydrogen-bond acceptors (Lipinski definition) is 3. The molecule has 0 aliphatic carbocycles. The normalized spacial score (nSPS) is 12.8. The molecule has 2 N–H and O–H groups in total. The van der Waals surface area contributed by atoms with Crippen molar-refractivity contribution in [1.29, 1.82) is 0 Å². The van der Waals surface area contributed by atoms with Crippen molar-refractivity contribution in [3.63, 3.8) is 0 Å². The minimum Gasteiger partial charge on any atom is -0.315 e. The van der Waals surface area contributed by atoms with Gasteiger partial charge < -0.3 is 5.32 Å².